The van der Waals surface area contributed by atoms with Crippen molar-refractivity contribution >= 4 is 22.4 Å². The van der Waals surface area contributed by atoms with Gasteiger partial charge in [0.1, 0.15) is 11.5 Å². The van der Waals surface area contributed by atoms with E-state index in [9.17, 15) is 4.79 Å². The van der Waals surface area contributed by atoms with Crippen molar-refractivity contribution in [3.8, 4) is 22.9 Å². The van der Waals surface area contributed by atoms with Gasteiger partial charge in [0, 0.05) is 17.2 Å². The molecule has 136 valence electrons. The Labute approximate surface area is 159 Å². The molecule has 0 saturated carbocycles. The minimum atomic E-state index is -0.195. The van der Waals surface area contributed by atoms with Gasteiger partial charge in [-0.15, -0.1) is 5.10 Å². The fourth-order valence-electron chi connectivity index (χ4n) is 2.82. The van der Waals surface area contributed by atoms with Gasteiger partial charge in [-0.05, 0) is 31.2 Å². The summed E-state index contributed by atoms with van der Waals surface area (Å²) in [7, 11) is 3.18. The lowest BCUT2D eigenvalue weighted by molar-refractivity contribution is 0.393. The highest BCUT2D eigenvalue weighted by Gasteiger charge is 2.12. The van der Waals surface area contributed by atoms with Crippen molar-refractivity contribution < 1.29 is 9.47 Å². The Bertz CT molecular complexity index is 1240. The molecule has 0 unspecified atom stereocenters. The highest BCUT2D eigenvalue weighted by molar-refractivity contribution is 7.15. The number of benzene rings is 2. The number of hydrogen-bond acceptors (Lipinski definition) is 6. The molecule has 0 aliphatic carbocycles. The molecule has 2 heterocycles. The largest absolute Gasteiger partial charge is 0.497 e. The molecule has 0 saturated heterocycles. The molecular formula is C20H17N3O3S. The molecule has 6 nitrogen and oxygen atoms in total. The SMILES string of the molecule is COc1ccc(C=c2sc3nc(-c4cccc(C)c4)nn3c2=O)c(OC)c1. The van der Waals surface area contributed by atoms with Crippen molar-refractivity contribution in [1.82, 2.24) is 14.6 Å². The van der Waals surface area contributed by atoms with E-state index in [0.717, 1.165) is 16.7 Å². The summed E-state index contributed by atoms with van der Waals surface area (Å²) in [6.07, 6.45) is 1.79. The van der Waals surface area contributed by atoms with Crippen LogP contribution in [0.3, 0.4) is 0 Å². The highest BCUT2D eigenvalue weighted by atomic mass is 32.1. The summed E-state index contributed by atoms with van der Waals surface area (Å²) in [4.78, 5) is 17.8. The minimum absolute atomic E-state index is 0.195. The smallest absolute Gasteiger partial charge is 0.291 e. The van der Waals surface area contributed by atoms with E-state index in [4.69, 9.17) is 9.47 Å². The second-order valence-electron chi connectivity index (χ2n) is 6.02. The molecule has 7 heteroatoms. The molecule has 2 aromatic carbocycles. The van der Waals surface area contributed by atoms with Crippen LogP contribution in [0.5, 0.6) is 11.5 Å². The van der Waals surface area contributed by atoms with Crippen LogP contribution in [0.1, 0.15) is 11.1 Å². The van der Waals surface area contributed by atoms with Gasteiger partial charge in [0.15, 0.2) is 5.82 Å². The summed E-state index contributed by atoms with van der Waals surface area (Å²) in [6, 6.07) is 13.4. The number of aryl methyl sites for hydroxylation is 1. The standard InChI is InChI=1S/C20H17N3O3S/c1-12-5-4-6-14(9-12)18-21-20-23(22-18)19(24)17(27-20)10-13-7-8-15(25-2)11-16(13)26-3/h4-11H,1-3H3. The van der Waals surface area contributed by atoms with Crippen LogP contribution in [0.15, 0.2) is 47.3 Å². The molecule has 27 heavy (non-hydrogen) atoms. The number of thiazole rings is 1. The molecule has 4 rings (SSSR count). The van der Waals surface area contributed by atoms with Crippen LogP contribution in [0.2, 0.25) is 0 Å². The van der Waals surface area contributed by atoms with Gasteiger partial charge in [-0.3, -0.25) is 4.79 Å². The van der Waals surface area contributed by atoms with Gasteiger partial charge in [-0.2, -0.15) is 9.50 Å². The van der Waals surface area contributed by atoms with Gasteiger partial charge in [0.25, 0.3) is 5.56 Å². The number of aromatic nitrogens is 3. The number of hydrogen-bond donors (Lipinski definition) is 0. The van der Waals surface area contributed by atoms with Crippen molar-refractivity contribution in [1.29, 1.82) is 0 Å². The van der Waals surface area contributed by atoms with Crippen LogP contribution in [0.25, 0.3) is 22.4 Å². The second kappa shape index (κ2) is 6.85. The molecule has 0 amide bonds. The van der Waals surface area contributed by atoms with Crippen LogP contribution in [0.4, 0.5) is 0 Å². The average molecular weight is 379 g/mol. The maximum Gasteiger partial charge on any atom is 0.291 e. The van der Waals surface area contributed by atoms with Crippen LogP contribution >= 0.6 is 11.3 Å². The Morgan fingerprint density at radius 3 is 2.67 bits per heavy atom. The molecule has 2 aromatic heterocycles. The van der Waals surface area contributed by atoms with E-state index in [0.29, 0.717) is 26.8 Å². The predicted octanol–water partition coefficient (Wildman–Crippen LogP) is 2.69. The Morgan fingerprint density at radius 2 is 1.96 bits per heavy atom. The highest BCUT2D eigenvalue weighted by Crippen LogP contribution is 2.25. The molecule has 0 aliphatic rings. The number of fused-ring (bicyclic) bond motifs is 1. The van der Waals surface area contributed by atoms with E-state index in [2.05, 4.69) is 10.1 Å². The topological polar surface area (TPSA) is 65.7 Å². The first-order chi connectivity index (χ1) is 13.1. The molecular weight excluding hydrogens is 362 g/mol. The van der Waals surface area contributed by atoms with E-state index in [1.165, 1.54) is 15.9 Å². The molecule has 0 aliphatic heterocycles. The average Bonchev–Trinajstić information content (AvgIpc) is 3.22. The number of rotatable bonds is 4. The van der Waals surface area contributed by atoms with E-state index in [-0.39, 0.29) is 5.56 Å². The molecule has 0 atom stereocenters. The Kier molecular flexibility index (Phi) is 4.37. The zero-order valence-corrected chi connectivity index (χ0v) is 15.9. The van der Waals surface area contributed by atoms with Crippen molar-refractivity contribution in [3.05, 3.63) is 68.5 Å². The molecule has 0 spiro atoms. The third kappa shape index (κ3) is 3.17. The van der Waals surface area contributed by atoms with Crippen molar-refractivity contribution in [3.63, 3.8) is 0 Å². The third-order valence-electron chi connectivity index (χ3n) is 4.19. The predicted molar refractivity (Wildman–Crippen MR) is 106 cm³/mol. The minimum Gasteiger partial charge on any atom is -0.497 e. The van der Waals surface area contributed by atoms with Crippen LogP contribution in [-0.4, -0.2) is 28.8 Å². The van der Waals surface area contributed by atoms with Crippen molar-refractivity contribution in [2.45, 2.75) is 6.92 Å². The molecule has 0 N–H and O–H groups in total. The maximum absolute atomic E-state index is 12.7. The summed E-state index contributed by atoms with van der Waals surface area (Å²) < 4.78 is 12.5. The molecule has 0 radical (unpaired) electrons. The van der Waals surface area contributed by atoms with Crippen molar-refractivity contribution in [2.75, 3.05) is 14.2 Å². The van der Waals surface area contributed by atoms with E-state index in [1.54, 1.807) is 26.4 Å². The van der Waals surface area contributed by atoms with Crippen LogP contribution in [-0.2, 0) is 0 Å². The lowest BCUT2D eigenvalue weighted by Gasteiger charge is -2.06. The summed E-state index contributed by atoms with van der Waals surface area (Å²) in [6.45, 7) is 2.01. The van der Waals surface area contributed by atoms with E-state index in [1.807, 2.05) is 43.3 Å². The van der Waals surface area contributed by atoms with Crippen LogP contribution < -0.4 is 19.6 Å². The summed E-state index contributed by atoms with van der Waals surface area (Å²) >= 11 is 1.30. The first-order valence-electron chi connectivity index (χ1n) is 8.29. The van der Waals surface area contributed by atoms with E-state index < -0.39 is 0 Å². The lowest BCUT2D eigenvalue weighted by Crippen LogP contribution is -2.23. The molecule has 0 bridgehead atoms. The second-order valence-corrected chi connectivity index (χ2v) is 7.03. The number of methoxy groups -OCH3 is 2. The fraction of sp³-hybridized carbons (Fsp3) is 0.150. The summed E-state index contributed by atoms with van der Waals surface area (Å²) in [5.41, 5.74) is 2.61. The quantitative estimate of drug-likeness (QED) is 0.545. The zero-order valence-electron chi connectivity index (χ0n) is 15.1. The maximum atomic E-state index is 12.7. The Hall–Kier alpha value is -3.19. The molecule has 4 aromatic rings. The van der Waals surface area contributed by atoms with Crippen molar-refractivity contribution in [2.24, 2.45) is 0 Å². The van der Waals surface area contributed by atoms with Gasteiger partial charge in [-0.25, -0.2) is 0 Å². The van der Waals surface area contributed by atoms with Gasteiger partial charge in [0.2, 0.25) is 4.96 Å². The number of nitrogens with zero attached hydrogens (tertiary/aromatic N) is 3. The van der Waals surface area contributed by atoms with Gasteiger partial charge in [-0.1, -0.05) is 35.1 Å². The Balaban J connectivity index is 1.80. The fourth-order valence-corrected chi connectivity index (χ4v) is 3.72. The monoisotopic (exact) mass is 379 g/mol. The van der Waals surface area contributed by atoms with E-state index >= 15 is 0 Å². The van der Waals surface area contributed by atoms with Gasteiger partial charge in [0.05, 0.1) is 18.8 Å². The molecule has 0 fully saturated rings. The van der Waals surface area contributed by atoms with Gasteiger partial charge >= 0.3 is 0 Å². The lowest BCUT2D eigenvalue weighted by atomic mass is 10.1. The number of ether oxygens (including phenoxy) is 2. The first-order valence-corrected chi connectivity index (χ1v) is 9.11. The normalized spacial score (nSPS) is 11.9. The summed E-state index contributed by atoms with van der Waals surface area (Å²) in [5, 5.41) is 4.39. The van der Waals surface area contributed by atoms with Crippen LogP contribution in [0, 0.1) is 6.92 Å². The zero-order chi connectivity index (χ0) is 19.0. The Morgan fingerprint density at radius 1 is 1.11 bits per heavy atom. The third-order valence-corrected chi connectivity index (χ3v) is 5.14. The first kappa shape index (κ1) is 17.2. The summed E-state index contributed by atoms with van der Waals surface area (Å²) in [5.74, 6) is 1.88. The van der Waals surface area contributed by atoms with Gasteiger partial charge < -0.3 is 9.47 Å².